The van der Waals surface area contributed by atoms with E-state index in [9.17, 15) is 9.59 Å². The first-order valence-electron chi connectivity index (χ1n) is 6.37. The lowest BCUT2D eigenvalue weighted by Gasteiger charge is -2.10. The normalized spacial score (nSPS) is 13.9. The van der Waals surface area contributed by atoms with Crippen molar-refractivity contribution in [2.75, 3.05) is 6.61 Å². The fourth-order valence-corrected chi connectivity index (χ4v) is 1.73. The molecule has 1 aromatic rings. The van der Waals surface area contributed by atoms with Crippen LogP contribution in [0.2, 0.25) is 0 Å². The number of rotatable bonds is 7. The Hall–Kier alpha value is -2.04. The topological polar surface area (TPSA) is 75.6 Å². The maximum atomic E-state index is 11.5. The second-order valence-corrected chi connectivity index (χ2v) is 4.62. The number of hydrogen-bond acceptors (Lipinski definition) is 3. The van der Waals surface area contributed by atoms with Crippen LogP contribution in [0.25, 0.3) is 0 Å². The zero-order valence-corrected chi connectivity index (χ0v) is 10.6. The largest absolute Gasteiger partial charge is 0.493 e. The third-order valence-corrected chi connectivity index (χ3v) is 2.84. The average molecular weight is 263 g/mol. The number of nitrogens with one attached hydrogen (secondary N) is 1. The summed E-state index contributed by atoms with van der Waals surface area (Å²) in [5.74, 6) is -0.384. The van der Waals surface area contributed by atoms with Crippen LogP contribution >= 0.6 is 0 Å². The minimum Gasteiger partial charge on any atom is -0.493 e. The van der Waals surface area contributed by atoms with Crippen LogP contribution in [0.4, 0.5) is 0 Å². The zero-order chi connectivity index (χ0) is 13.7. The predicted octanol–water partition coefficient (Wildman–Crippen LogP) is 1.36. The quantitative estimate of drug-likeness (QED) is 0.779. The summed E-state index contributed by atoms with van der Waals surface area (Å²) in [4.78, 5) is 22.2. The maximum Gasteiger partial charge on any atom is 0.307 e. The van der Waals surface area contributed by atoms with Crippen molar-refractivity contribution in [1.82, 2.24) is 5.32 Å². The number of para-hydroxylation sites is 1. The molecule has 5 nitrogen and oxygen atoms in total. The summed E-state index contributed by atoms with van der Waals surface area (Å²) >= 11 is 0. The van der Waals surface area contributed by atoms with Crippen molar-refractivity contribution in [2.24, 2.45) is 0 Å². The van der Waals surface area contributed by atoms with E-state index in [4.69, 9.17) is 9.84 Å². The number of carbonyl (C=O) groups excluding carboxylic acids is 1. The molecule has 0 saturated heterocycles. The highest BCUT2D eigenvalue weighted by Gasteiger charge is 2.22. The molecule has 0 bridgehead atoms. The lowest BCUT2D eigenvalue weighted by Crippen LogP contribution is -2.26. The second-order valence-electron chi connectivity index (χ2n) is 4.62. The van der Waals surface area contributed by atoms with E-state index in [-0.39, 0.29) is 25.4 Å². The zero-order valence-electron chi connectivity index (χ0n) is 10.6. The number of carbonyl (C=O) groups is 2. The van der Waals surface area contributed by atoms with E-state index >= 15 is 0 Å². The Kier molecular flexibility index (Phi) is 4.39. The minimum atomic E-state index is -0.900. The van der Waals surface area contributed by atoms with E-state index in [0.29, 0.717) is 17.4 Å². The molecule has 0 radical (unpaired) electrons. The Balaban J connectivity index is 1.80. The molecular formula is C14H17NO4. The van der Waals surface area contributed by atoms with Crippen molar-refractivity contribution in [3.8, 4) is 5.75 Å². The van der Waals surface area contributed by atoms with Crippen LogP contribution in [0, 0.1) is 0 Å². The lowest BCUT2D eigenvalue weighted by atomic mass is 10.1. The summed E-state index contributed by atoms with van der Waals surface area (Å²) in [6.07, 6.45) is 2.34. The van der Waals surface area contributed by atoms with Gasteiger partial charge in [0.05, 0.1) is 19.4 Å². The molecule has 1 saturated carbocycles. The number of hydrogen-bond donors (Lipinski definition) is 2. The summed E-state index contributed by atoms with van der Waals surface area (Å²) in [6.45, 7) is 0.259. The Labute approximate surface area is 111 Å². The lowest BCUT2D eigenvalue weighted by molar-refractivity contribution is -0.136. The fourth-order valence-electron chi connectivity index (χ4n) is 1.73. The molecule has 1 aliphatic carbocycles. The molecule has 0 atom stereocenters. The second kappa shape index (κ2) is 6.22. The van der Waals surface area contributed by atoms with Crippen LogP contribution in [0.3, 0.4) is 0 Å². The van der Waals surface area contributed by atoms with Crippen molar-refractivity contribution in [2.45, 2.75) is 31.7 Å². The van der Waals surface area contributed by atoms with Crippen molar-refractivity contribution in [3.63, 3.8) is 0 Å². The average Bonchev–Trinajstić information content (AvgIpc) is 3.14. The number of aliphatic carboxylic acids is 1. The first kappa shape index (κ1) is 13.4. The number of carboxylic acids is 1. The molecule has 2 N–H and O–H groups in total. The van der Waals surface area contributed by atoms with Gasteiger partial charge in [-0.15, -0.1) is 0 Å². The van der Waals surface area contributed by atoms with Gasteiger partial charge in [-0.2, -0.15) is 0 Å². The highest BCUT2D eigenvalue weighted by Crippen LogP contribution is 2.20. The number of ether oxygens (including phenoxy) is 1. The minimum absolute atomic E-state index is 0.0155. The van der Waals surface area contributed by atoms with Crippen molar-refractivity contribution >= 4 is 11.9 Å². The molecule has 19 heavy (non-hydrogen) atoms. The van der Waals surface area contributed by atoms with E-state index in [1.54, 1.807) is 24.3 Å². The van der Waals surface area contributed by atoms with Gasteiger partial charge in [0, 0.05) is 11.6 Å². The van der Waals surface area contributed by atoms with E-state index in [2.05, 4.69) is 5.32 Å². The number of benzene rings is 1. The van der Waals surface area contributed by atoms with Gasteiger partial charge >= 0.3 is 5.97 Å². The van der Waals surface area contributed by atoms with E-state index in [0.717, 1.165) is 12.8 Å². The molecule has 0 unspecified atom stereocenters. The van der Waals surface area contributed by atoms with E-state index in [1.165, 1.54) is 0 Å². The van der Waals surface area contributed by atoms with Gasteiger partial charge in [0.25, 0.3) is 0 Å². The Bertz CT molecular complexity index is 468. The molecule has 1 aliphatic rings. The SMILES string of the molecule is O=C(O)Cc1ccccc1OCCC(=O)NC1CC1. The number of amides is 1. The summed E-state index contributed by atoms with van der Waals surface area (Å²) in [6, 6.07) is 7.34. The summed E-state index contributed by atoms with van der Waals surface area (Å²) in [5, 5.41) is 11.7. The van der Waals surface area contributed by atoms with Gasteiger partial charge in [0.15, 0.2) is 0 Å². The fraction of sp³-hybridized carbons (Fsp3) is 0.429. The standard InChI is InChI=1S/C14H17NO4/c16-13(15-11-5-6-11)7-8-19-12-4-2-1-3-10(12)9-14(17)18/h1-4,11H,5-9H2,(H,15,16)(H,17,18). The van der Waals surface area contributed by atoms with Crippen LogP contribution in [-0.4, -0.2) is 29.6 Å². The summed E-state index contributed by atoms with van der Waals surface area (Å²) in [5.41, 5.74) is 0.623. The molecule has 1 aromatic carbocycles. The highest BCUT2D eigenvalue weighted by atomic mass is 16.5. The van der Waals surface area contributed by atoms with Crippen LogP contribution in [-0.2, 0) is 16.0 Å². The maximum absolute atomic E-state index is 11.5. The predicted molar refractivity (Wildman–Crippen MR) is 69.1 cm³/mol. The number of carboxylic acid groups (broad SMARTS) is 1. The Morgan fingerprint density at radius 2 is 2.05 bits per heavy atom. The Morgan fingerprint density at radius 1 is 1.32 bits per heavy atom. The Morgan fingerprint density at radius 3 is 2.74 bits per heavy atom. The molecular weight excluding hydrogens is 246 g/mol. The molecule has 5 heteroatoms. The molecule has 1 amide bonds. The molecule has 2 rings (SSSR count). The smallest absolute Gasteiger partial charge is 0.307 e. The van der Waals surface area contributed by atoms with Crippen LogP contribution in [0.15, 0.2) is 24.3 Å². The summed E-state index contributed by atoms with van der Waals surface area (Å²) in [7, 11) is 0. The highest BCUT2D eigenvalue weighted by molar-refractivity contribution is 5.76. The third-order valence-electron chi connectivity index (χ3n) is 2.84. The van der Waals surface area contributed by atoms with Gasteiger partial charge in [-0.3, -0.25) is 9.59 Å². The van der Waals surface area contributed by atoms with Crippen molar-refractivity contribution in [3.05, 3.63) is 29.8 Å². The van der Waals surface area contributed by atoms with Crippen molar-refractivity contribution in [1.29, 1.82) is 0 Å². The molecule has 102 valence electrons. The van der Waals surface area contributed by atoms with Gasteiger partial charge < -0.3 is 15.2 Å². The molecule has 0 aromatic heterocycles. The summed E-state index contributed by atoms with van der Waals surface area (Å²) < 4.78 is 5.49. The van der Waals surface area contributed by atoms with Crippen LogP contribution < -0.4 is 10.1 Å². The molecule has 0 heterocycles. The molecule has 1 fully saturated rings. The van der Waals surface area contributed by atoms with Gasteiger partial charge in [-0.25, -0.2) is 0 Å². The van der Waals surface area contributed by atoms with Crippen molar-refractivity contribution < 1.29 is 19.4 Å². The van der Waals surface area contributed by atoms with Crippen LogP contribution in [0.1, 0.15) is 24.8 Å². The van der Waals surface area contributed by atoms with Crippen LogP contribution in [0.5, 0.6) is 5.75 Å². The molecule has 0 spiro atoms. The monoisotopic (exact) mass is 263 g/mol. The van der Waals surface area contributed by atoms with E-state index < -0.39 is 5.97 Å². The van der Waals surface area contributed by atoms with Gasteiger partial charge in [0.1, 0.15) is 5.75 Å². The first-order valence-corrected chi connectivity index (χ1v) is 6.37. The van der Waals surface area contributed by atoms with Gasteiger partial charge in [-0.1, -0.05) is 18.2 Å². The van der Waals surface area contributed by atoms with E-state index in [1.807, 2.05) is 0 Å². The first-order chi connectivity index (χ1) is 9.15. The third kappa shape index (κ3) is 4.62. The van der Waals surface area contributed by atoms with Gasteiger partial charge in [0.2, 0.25) is 5.91 Å². The van der Waals surface area contributed by atoms with Gasteiger partial charge in [-0.05, 0) is 18.9 Å². The molecule has 0 aliphatic heterocycles.